The fraction of sp³-hybridized carbons (Fsp3) is 0.769. The molecular formula is C13H22ClN3O. The van der Waals surface area contributed by atoms with E-state index in [0.29, 0.717) is 18.2 Å². The molecule has 18 heavy (non-hydrogen) atoms. The third-order valence-electron chi connectivity index (χ3n) is 3.75. The van der Waals surface area contributed by atoms with Crippen LogP contribution in [0.25, 0.3) is 0 Å². The topological polar surface area (TPSA) is 53.1 Å². The molecule has 1 saturated carbocycles. The Morgan fingerprint density at radius 3 is 2.94 bits per heavy atom. The molecule has 1 aromatic heterocycles. The van der Waals surface area contributed by atoms with Crippen LogP contribution in [0.1, 0.15) is 43.8 Å². The molecule has 0 amide bonds. The number of hydrogen-bond acceptors (Lipinski definition) is 3. The van der Waals surface area contributed by atoms with E-state index in [1.165, 1.54) is 25.7 Å². The number of methoxy groups -OCH3 is 1. The summed E-state index contributed by atoms with van der Waals surface area (Å²) in [5.41, 5.74) is 7.27. The van der Waals surface area contributed by atoms with E-state index in [2.05, 4.69) is 5.10 Å². The number of nitrogens with zero attached hydrogens (tertiary/aromatic N) is 2. The predicted octanol–water partition coefficient (Wildman–Crippen LogP) is 2.76. The van der Waals surface area contributed by atoms with Crippen molar-refractivity contribution in [2.75, 3.05) is 13.7 Å². The highest BCUT2D eigenvalue weighted by atomic mass is 35.5. The van der Waals surface area contributed by atoms with Crippen LogP contribution < -0.4 is 5.73 Å². The third kappa shape index (κ3) is 3.25. The number of aromatic nitrogens is 2. The van der Waals surface area contributed by atoms with Gasteiger partial charge >= 0.3 is 0 Å². The van der Waals surface area contributed by atoms with Crippen molar-refractivity contribution in [2.24, 2.45) is 11.7 Å². The van der Waals surface area contributed by atoms with Crippen LogP contribution in [0.15, 0.2) is 6.20 Å². The molecule has 5 heteroatoms. The van der Waals surface area contributed by atoms with Crippen molar-refractivity contribution in [3.05, 3.63) is 16.9 Å². The van der Waals surface area contributed by atoms with Gasteiger partial charge in [-0.3, -0.25) is 4.68 Å². The van der Waals surface area contributed by atoms with Crippen LogP contribution in [0.3, 0.4) is 0 Å². The summed E-state index contributed by atoms with van der Waals surface area (Å²) >= 11 is 6.20. The normalized spacial score (nSPS) is 18.4. The molecule has 102 valence electrons. The summed E-state index contributed by atoms with van der Waals surface area (Å²) in [6.45, 7) is 1.33. The van der Waals surface area contributed by atoms with E-state index in [9.17, 15) is 0 Å². The number of hydrogen-bond donors (Lipinski definition) is 1. The van der Waals surface area contributed by atoms with E-state index >= 15 is 0 Å². The summed E-state index contributed by atoms with van der Waals surface area (Å²) < 4.78 is 6.96. The maximum Gasteiger partial charge on any atom is 0.0834 e. The van der Waals surface area contributed by atoms with Gasteiger partial charge in [-0.25, -0.2) is 0 Å². The van der Waals surface area contributed by atoms with E-state index in [4.69, 9.17) is 22.1 Å². The molecule has 2 N–H and O–H groups in total. The molecule has 1 atom stereocenters. The van der Waals surface area contributed by atoms with Gasteiger partial charge in [-0.2, -0.15) is 5.10 Å². The average Bonchev–Trinajstić information content (AvgIpc) is 2.96. The van der Waals surface area contributed by atoms with E-state index in [1.807, 2.05) is 4.68 Å². The molecule has 0 spiro atoms. The quantitative estimate of drug-likeness (QED) is 0.866. The zero-order valence-corrected chi connectivity index (χ0v) is 11.7. The second-order valence-electron chi connectivity index (χ2n) is 5.09. The fourth-order valence-electron chi connectivity index (χ4n) is 2.81. The molecule has 2 rings (SSSR count). The number of rotatable bonds is 6. The molecule has 1 heterocycles. The summed E-state index contributed by atoms with van der Waals surface area (Å²) in [7, 11) is 1.68. The van der Waals surface area contributed by atoms with Crippen LogP contribution in [0.2, 0.25) is 5.02 Å². The lowest BCUT2D eigenvalue weighted by atomic mass is 9.97. The van der Waals surface area contributed by atoms with Gasteiger partial charge in [-0.05, 0) is 12.3 Å². The lowest BCUT2D eigenvalue weighted by Gasteiger charge is -2.18. The van der Waals surface area contributed by atoms with Crippen molar-refractivity contribution in [3.8, 4) is 0 Å². The Kier molecular flexibility index (Phi) is 5.03. The highest BCUT2D eigenvalue weighted by molar-refractivity contribution is 6.31. The van der Waals surface area contributed by atoms with Crippen LogP contribution >= 0.6 is 11.6 Å². The second kappa shape index (κ2) is 6.55. The van der Waals surface area contributed by atoms with E-state index < -0.39 is 0 Å². The van der Waals surface area contributed by atoms with Crippen molar-refractivity contribution >= 4 is 11.6 Å². The predicted molar refractivity (Wildman–Crippen MR) is 72.6 cm³/mol. The van der Waals surface area contributed by atoms with Crippen molar-refractivity contribution < 1.29 is 4.74 Å². The number of ether oxygens (including phenoxy) is 1. The van der Waals surface area contributed by atoms with Gasteiger partial charge in [0.1, 0.15) is 0 Å². The molecule has 4 nitrogen and oxygen atoms in total. The van der Waals surface area contributed by atoms with Gasteiger partial charge < -0.3 is 10.5 Å². The summed E-state index contributed by atoms with van der Waals surface area (Å²) in [6.07, 6.45) is 7.98. The van der Waals surface area contributed by atoms with Crippen molar-refractivity contribution in [1.29, 1.82) is 0 Å². The first kappa shape index (κ1) is 13.8. The average molecular weight is 272 g/mol. The van der Waals surface area contributed by atoms with Gasteiger partial charge in [-0.1, -0.05) is 37.3 Å². The molecule has 0 saturated heterocycles. The molecule has 1 fully saturated rings. The lowest BCUT2D eigenvalue weighted by Crippen LogP contribution is -2.20. The Morgan fingerprint density at radius 1 is 1.56 bits per heavy atom. The van der Waals surface area contributed by atoms with Gasteiger partial charge in [0.2, 0.25) is 0 Å². The smallest absolute Gasteiger partial charge is 0.0834 e. The van der Waals surface area contributed by atoms with Gasteiger partial charge in [0, 0.05) is 13.2 Å². The van der Waals surface area contributed by atoms with Crippen molar-refractivity contribution in [2.45, 2.75) is 44.7 Å². The first-order valence-electron chi connectivity index (χ1n) is 6.68. The number of halogens is 1. The van der Waals surface area contributed by atoms with Crippen LogP contribution in [-0.2, 0) is 11.3 Å². The van der Waals surface area contributed by atoms with Gasteiger partial charge in [0.15, 0.2) is 0 Å². The minimum absolute atomic E-state index is 0.0139. The summed E-state index contributed by atoms with van der Waals surface area (Å²) in [5.74, 6) is 0.752. The molecule has 0 bridgehead atoms. The SMILES string of the molecule is COCCn1ncc(Cl)c1C(N)CC1CCCC1. The first-order chi connectivity index (χ1) is 8.72. The van der Waals surface area contributed by atoms with Crippen LogP contribution in [0.5, 0.6) is 0 Å². The van der Waals surface area contributed by atoms with Crippen LogP contribution in [0, 0.1) is 5.92 Å². The van der Waals surface area contributed by atoms with Gasteiger partial charge in [0.05, 0.1) is 30.1 Å². The van der Waals surface area contributed by atoms with Crippen molar-refractivity contribution in [3.63, 3.8) is 0 Å². The Labute approximate surface area is 113 Å². The van der Waals surface area contributed by atoms with Gasteiger partial charge in [0.25, 0.3) is 0 Å². The Morgan fingerprint density at radius 2 is 2.28 bits per heavy atom. The van der Waals surface area contributed by atoms with Crippen LogP contribution in [-0.4, -0.2) is 23.5 Å². The monoisotopic (exact) mass is 271 g/mol. The molecule has 0 radical (unpaired) electrons. The van der Waals surface area contributed by atoms with Crippen LogP contribution in [0.4, 0.5) is 0 Å². The minimum atomic E-state index is -0.0139. The standard InChI is InChI=1S/C13H22ClN3O/c1-18-7-6-17-13(11(14)9-16-17)12(15)8-10-4-2-3-5-10/h9-10,12H,2-8,15H2,1H3. The first-order valence-corrected chi connectivity index (χ1v) is 7.06. The fourth-order valence-corrected chi connectivity index (χ4v) is 3.09. The molecule has 1 aliphatic carbocycles. The largest absolute Gasteiger partial charge is 0.383 e. The summed E-state index contributed by atoms with van der Waals surface area (Å²) in [6, 6.07) is -0.0139. The molecule has 1 aliphatic rings. The molecule has 1 unspecified atom stereocenters. The minimum Gasteiger partial charge on any atom is -0.383 e. The molecule has 1 aromatic rings. The Bertz CT molecular complexity index is 374. The number of nitrogens with two attached hydrogens (primary N) is 1. The second-order valence-corrected chi connectivity index (χ2v) is 5.49. The Balaban J connectivity index is 2.02. The van der Waals surface area contributed by atoms with Gasteiger partial charge in [-0.15, -0.1) is 0 Å². The molecule has 0 aromatic carbocycles. The highest BCUT2D eigenvalue weighted by Gasteiger charge is 2.23. The zero-order chi connectivity index (χ0) is 13.0. The lowest BCUT2D eigenvalue weighted by molar-refractivity contribution is 0.181. The third-order valence-corrected chi connectivity index (χ3v) is 4.04. The van der Waals surface area contributed by atoms with E-state index in [-0.39, 0.29) is 6.04 Å². The van der Waals surface area contributed by atoms with Crippen molar-refractivity contribution in [1.82, 2.24) is 9.78 Å². The maximum absolute atomic E-state index is 6.31. The highest BCUT2D eigenvalue weighted by Crippen LogP contribution is 2.33. The van der Waals surface area contributed by atoms with E-state index in [0.717, 1.165) is 18.0 Å². The molecular weight excluding hydrogens is 250 g/mol. The Hall–Kier alpha value is -0.580. The molecule has 0 aliphatic heterocycles. The summed E-state index contributed by atoms with van der Waals surface area (Å²) in [4.78, 5) is 0. The van der Waals surface area contributed by atoms with E-state index in [1.54, 1.807) is 13.3 Å². The maximum atomic E-state index is 6.31. The zero-order valence-electron chi connectivity index (χ0n) is 10.9. The summed E-state index contributed by atoms with van der Waals surface area (Å²) in [5, 5.41) is 4.95.